The second-order valence-electron chi connectivity index (χ2n) is 4.02. The lowest BCUT2D eigenvalue weighted by atomic mass is 9.83. The van der Waals surface area contributed by atoms with Crippen LogP contribution >= 0.6 is 0 Å². The van der Waals surface area contributed by atoms with Gasteiger partial charge in [0.2, 0.25) is 0 Å². The van der Waals surface area contributed by atoms with E-state index in [1.54, 1.807) is 6.20 Å². The molecule has 0 aliphatic carbocycles. The normalized spacial score (nSPS) is 14.0. The Morgan fingerprint density at radius 3 is 2.71 bits per heavy atom. The number of hydrogen-bond donors (Lipinski definition) is 2. The monoisotopic (exact) mass is 195 g/mol. The predicted molar refractivity (Wildman–Crippen MR) is 54.7 cm³/mol. The van der Waals surface area contributed by atoms with Gasteiger partial charge in [0.25, 0.3) is 0 Å². The summed E-state index contributed by atoms with van der Waals surface area (Å²) >= 11 is 0. The molecule has 1 rings (SSSR count). The molecule has 1 aromatic rings. The zero-order valence-electron chi connectivity index (χ0n) is 8.64. The molecule has 1 unspecified atom stereocenters. The Bertz CT molecular complexity index is 268. The first-order chi connectivity index (χ1) is 6.55. The Kier molecular flexibility index (Phi) is 3.55. The largest absolute Gasteiger partial charge is 0.396 e. The van der Waals surface area contributed by atoms with Crippen molar-refractivity contribution in [2.24, 2.45) is 5.73 Å². The molecule has 0 amide bonds. The van der Waals surface area contributed by atoms with Crippen molar-refractivity contribution in [1.82, 2.24) is 9.97 Å². The van der Waals surface area contributed by atoms with Crippen molar-refractivity contribution in [3.63, 3.8) is 0 Å². The molecule has 0 spiro atoms. The number of aromatic nitrogens is 2. The maximum atomic E-state index is 8.96. The lowest BCUT2D eigenvalue weighted by molar-refractivity contribution is 0.248. The van der Waals surface area contributed by atoms with Crippen molar-refractivity contribution in [3.8, 4) is 0 Å². The molecule has 0 aliphatic rings. The number of hydrogen-bond acceptors (Lipinski definition) is 4. The molecule has 0 bridgehead atoms. The third kappa shape index (κ3) is 2.75. The molecule has 0 aromatic carbocycles. The molecule has 0 aliphatic heterocycles. The fourth-order valence-electron chi connectivity index (χ4n) is 1.54. The SMILES string of the molecule is CC(C)(N)C(CCO)c1ccncn1. The van der Waals surface area contributed by atoms with Crippen LogP contribution < -0.4 is 5.73 Å². The molecular weight excluding hydrogens is 178 g/mol. The van der Waals surface area contributed by atoms with Gasteiger partial charge >= 0.3 is 0 Å². The van der Waals surface area contributed by atoms with Crippen molar-refractivity contribution < 1.29 is 5.11 Å². The molecule has 4 nitrogen and oxygen atoms in total. The van der Waals surface area contributed by atoms with Crippen molar-refractivity contribution in [2.75, 3.05) is 6.61 Å². The standard InChI is InChI=1S/C10H17N3O/c1-10(2,11)8(4-6-14)9-3-5-12-7-13-9/h3,5,7-8,14H,4,6,11H2,1-2H3. The van der Waals surface area contributed by atoms with Crippen LogP contribution in [0.5, 0.6) is 0 Å². The highest BCUT2D eigenvalue weighted by atomic mass is 16.3. The first-order valence-electron chi connectivity index (χ1n) is 4.71. The van der Waals surface area contributed by atoms with Gasteiger partial charge in [0.05, 0.1) is 0 Å². The minimum atomic E-state index is -0.378. The van der Waals surface area contributed by atoms with E-state index >= 15 is 0 Å². The lowest BCUT2D eigenvalue weighted by Crippen LogP contribution is -2.40. The Balaban J connectivity index is 2.89. The zero-order chi connectivity index (χ0) is 10.6. The maximum Gasteiger partial charge on any atom is 0.115 e. The topological polar surface area (TPSA) is 72.0 Å². The first kappa shape index (κ1) is 11.1. The van der Waals surface area contributed by atoms with Crippen molar-refractivity contribution >= 4 is 0 Å². The van der Waals surface area contributed by atoms with Gasteiger partial charge in [0.1, 0.15) is 6.33 Å². The second-order valence-corrected chi connectivity index (χ2v) is 4.02. The molecule has 14 heavy (non-hydrogen) atoms. The van der Waals surface area contributed by atoms with Crippen LogP contribution in [0.15, 0.2) is 18.6 Å². The number of nitrogens with zero attached hydrogens (tertiary/aromatic N) is 2. The summed E-state index contributed by atoms with van der Waals surface area (Å²) < 4.78 is 0. The Morgan fingerprint density at radius 1 is 1.57 bits per heavy atom. The maximum absolute atomic E-state index is 8.96. The lowest BCUT2D eigenvalue weighted by Gasteiger charge is -2.29. The van der Waals surface area contributed by atoms with Crippen LogP contribution in [0.1, 0.15) is 31.9 Å². The van der Waals surface area contributed by atoms with Crippen LogP contribution in [0.3, 0.4) is 0 Å². The number of aliphatic hydroxyl groups is 1. The zero-order valence-corrected chi connectivity index (χ0v) is 8.64. The van der Waals surface area contributed by atoms with Gasteiger partial charge in [-0.3, -0.25) is 0 Å². The molecule has 0 saturated heterocycles. The summed E-state index contributed by atoms with van der Waals surface area (Å²) in [5, 5.41) is 8.96. The van der Waals surface area contributed by atoms with E-state index in [0.29, 0.717) is 6.42 Å². The molecule has 0 saturated carbocycles. The highest BCUT2D eigenvalue weighted by molar-refractivity contribution is 5.11. The van der Waals surface area contributed by atoms with E-state index in [-0.39, 0.29) is 18.1 Å². The molecule has 1 aromatic heterocycles. The van der Waals surface area contributed by atoms with Gasteiger partial charge in [0.15, 0.2) is 0 Å². The van der Waals surface area contributed by atoms with Crippen molar-refractivity contribution in [3.05, 3.63) is 24.3 Å². The van der Waals surface area contributed by atoms with Crippen LogP contribution in [-0.2, 0) is 0 Å². The van der Waals surface area contributed by atoms with Crippen LogP contribution in [0.25, 0.3) is 0 Å². The summed E-state index contributed by atoms with van der Waals surface area (Å²) in [6, 6.07) is 1.84. The second kappa shape index (κ2) is 4.48. The summed E-state index contributed by atoms with van der Waals surface area (Å²) in [6.45, 7) is 4.00. The number of rotatable bonds is 4. The van der Waals surface area contributed by atoms with E-state index in [1.807, 2.05) is 19.9 Å². The minimum absolute atomic E-state index is 0.0653. The van der Waals surface area contributed by atoms with Crippen LogP contribution in [0.4, 0.5) is 0 Å². The summed E-state index contributed by atoms with van der Waals surface area (Å²) in [7, 11) is 0. The van der Waals surface area contributed by atoms with Gasteiger partial charge in [-0.05, 0) is 26.3 Å². The van der Waals surface area contributed by atoms with Crippen LogP contribution in [-0.4, -0.2) is 27.2 Å². The van der Waals surface area contributed by atoms with E-state index in [4.69, 9.17) is 10.8 Å². The molecule has 1 atom stereocenters. The van der Waals surface area contributed by atoms with Crippen LogP contribution in [0.2, 0.25) is 0 Å². The van der Waals surface area contributed by atoms with Crippen molar-refractivity contribution in [1.29, 1.82) is 0 Å². The molecule has 1 heterocycles. The van der Waals surface area contributed by atoms with Gasteiger partial charge in [0, 0.05) is 30.0 Å². The number of aliphatic hydroxyl groups excluding tert-OH is 1. The summed E-state index contributed by atoms with van der Waals surface area (Å²) in [6.07, 6.45) is 3.82. The minimum Gasteiger partial charge on any atom is -0.396 e. The smallest absolute Gasteiger partial charge is 0.115 e. The summed E-state index contributed by atoms with van der Waals surface area (Å²) in [5.41, 5.74) is 6.54. The highest BCUT2D eigenvalue weighted by Gasteiger charge is 2.27. The van der Waals surface area contributed by atoms with Crippen LogP contribution in [0, 0.1) is 0 Å². The van der Waals surface area contributed by atoms with E-state index in [1.165, 1.54) is 6.33 Å². The molecular formula is C10H17N3O. The van der Waals surface area contributed by atoms with Gasteiger partial charge in [-0.2, -0.15) is 0 Å². The summed E-state index contributed by atoms with van der Waals surface area (Å²) in [4.78, 5) is 8.02. The first-order valence-corrected chi connectivity index (χ1v) is 4.71. The highest BCUT2D eigenvalue weighted by Crippen LogP contribution is 2.27. The Hall–Kier alpha value is -1.00. The summed E-state index contributed by atoms with van der Waals surface area (Å²) in [5.74, 6) is 0.0653. The average Bonchev–Trinajstić information content (AvgIpc) is 2.14. The third-order valence-corrected chi connectivity index (χ3v) is 2.28. The molecule has 3 N–H and O–H groups in total. The predicted octanol–water partition coefficient (Wildman–Crippen LogP) is 0.680. The number of nitrogens with two attached hydrogens (primary N) is 1. The Labute approximate surface area is 84.2 Å². The van der Waals surface area contributed by atoms with Gasteiger partial charge in [-0.15, -0.1) is 0 Å². The fourth-order valence-corrected chi connectivity index (χ4v) is 1.54. The van der Waals surface area contributed by atoms with E-state index in [0.717, 1.165) is 5.69 Å². The van der Waals surface area contributed by atoms with E-state index in [2.05, 4.69) is 9.97 Å². The fraction of sp³-hybridized carbons (Fsp3) is 0.600. The van der Waals surface area contributed by atoms with E-state index in [9.17, 15) is 0 Å². The molecule has 78 valence electrons. The van der Waals surface area contributed by atoms with Gasteiger partial charge < -0.3 is 10.8 Å². The molecule has 0 fully saturated rings. The van der Waals surface area contributed by atoms with Gasteiger partial charge in [-0.1, -0.05) is 0 Å². The third-order valence-electron chi connectivity index (χ3n) is 2.28. The average molecular weight is 195 g/mol. The molecule has 0 radical (unpaired) electrons. The van der Waals surface area contributed by atoms with Gasteiger partial charge in [-0.25, -0.2) is 9.97 Å². The molecule has 4 heteroatoms. The quantitative estimate of drug-likeness (QED) is 0.741. The van der Waals surface area contributed by atoms with E-state index < -0.39 is 0 Å². The van der Waals surface area contributed by atoms with Crippen molar-refractivity contribution in [2.45, 2.75) is 31.7 Å². The Morgan fingerprint density at radius 2 is 2.29 bits per heavy atom.